The van der Waals surface area contributed by atoms with Crippen LogP contribution in [-0.4, -0.2) is 47.4 Å². The highest BCUT2D eigenvalue weighted by atomic mass is 19.4. The van der Waals surface area contributed by atoms with Gasteiger partial charge in [0.2, 0.25) is 5.91 Å². The summed E-state index contributed by atoms with van der Waals surface area (Å²) in [4.78, 5) is 29.4. The van der Waals surface area contributed by atoms with E-state index in [1.807, 2.05) is 23.1 Å². The molecular formula is C26H29F3N4O2. The van der Waals surface area contributed by atoms with E-state index in [4.69, 9.17) is 0 Å². The first-order valence-electron chi connectivity index (χ1n) is 12.2. The minimum atomic E-state index is -4.36. The number of nitrogens with zero attached hydrogens (tertiary/aromatic N) is 2. The molecule has 5 rings (SSSR count). The second kappa shape index (κ2) is 9.43. The molecule has 2 N–H and O–H groups in total. The molecule has 2 fully saturated rings. The van der Waals surface area contributed by atoms with E-state index in [1.165, 1.54) is 12.1 Å². The molecule has 1 saturated carbocycles. The number of carbonyl (C=O) groups excluding carboxylic acids is 2. The highest BCUT2D eigenvalue weighted by Crippen LogP contribution is 2.33. The van der Waals surface area contributed by atoms with Crippen molar-refractivity contribution in [3.63, 3.8) is 0 Å². The van der Waals surface area contributed by atoms with E-state index < -0.39 is 11.7 Å². The Kier molecular flexibility index (Phi) is 6.34. The first kappa shape index (κ1) is 23.5. The van der Waals surface area contributed by atoms with Crippen molar-refractivity contribution in [1.82, 2.24) is 15.1 Å². The summed E-state index contributed by atoms with van der Waals surface area (Å²) >= 11 is 0. The first-order chi connectivity index (χ1) is 16.8. The van der Waals surface area contributed by atoms with Crippen molar-refractivity contribution in [1.29, 1.82) is 0 Å². The Labute approximate surface area is 202 Å². The van der Waals surface area contributed by atoms with Crippen LogP contribution in [0.2, 0.25) is 0 Å². The number of nitrogens with one attached hydrogen (secondary N) is 2. The van der Waals surface area contributed by atoms with Gasteiger partial charge in [0.15, 0.2) is 0 Å². The van der Waals surface area contributed by atoms with Crippen molar-refractivity contribution in [2.75, 3.05) is 25.0 Å². The molecule has 0 spiro atoms. The normalized spacial score (nSPS) is 20.3. The van der Waals surface area contributed by atoms with E-state index in [0.29, 0.717) is 44.3 Å². The Morgan fingerprint density at radius 3 is 2.43 bits per heavy atom. The lowest BCUT2D eigenvalue weighted by Gasteiger charge is -2.37. The fourth-order valence-corrected chi connectivity index (χ4v) is 4.93. The third-order valence-corrected chi connectivity index (χ3v) is 7.03. The SMILES string of the molecule is O=C(NC1CC1)N1CCCC(C(=O)N2CCc3c(cccc3Nc3ccc(C(F)(F)F)cc3)C2)C1. The summed E-state index contributed by atoms with van der Waals surface area (Å²) < 4.78 is 38.5. The van der Waals surface area contributed by atoms with Crippen LogP contribution in [0.4, 0.5) is 29.3 Å². The highest BCUT2D eigenvalue weighted by Gasteiger charge is 2.34. The standard InChI is InChI=1S/C26H29F3N4O2/c27-26(28,29)19-6-8-20(9-7-19)30-23-5-1-3-17-15-32(14-12-22(17)23)24(34)18-4-2-13-33(16-18)25(35)31-21-10-11-21/h1,3,5-9,18,21,30H,2,4,10-16H2,(H,31,35). The van der Waals surface area contributed by atoms with Gasteiger partial charge in [-0.1, -0.05) is 12.1 Å². The number of benzene rings is 2. The number of carbonyl (C=O) groups is 2. The monoisotopic (exact) mass is 486 g/mol. The molecule has 6 nitrogen and oxygen atoms in total. The number of piperidine rings is 1. The van der Waals surface area contributed by atoms with Crippen LogP contribution in [0.15, 0.2) is 42.5 Å². The smallest absolute Gasteiger partial charge is 0.355 e. The van der Waals surface area contributed by atoms with Crippen LogP contribution in [0.5, 0.6) is 0 Å². The van der Waals surface area contributed by atoms with Gasteiger partial charge < -0.3 is 20.4 Å². The van der Waals surface area contributed by atoms with E-state index in [0.717, 1.165) is 54.6 Å². The molecule has 2 aromatic rings. The average Bonchev–Trinajstić information content (AvgIpc) is 3.67. The Morgan fingerprint density at radius 1 is 0.943 bits per heavy atom. The van der Waals surface area contributed by atoms with Crippen LogP contribution in [0, 0.1) is 5.92 Å². The van der Waals surface area contributed by atoms with E-state index in [1.54, 1.807) is 4.90 Å². The second-order valence-corrected chi connectivity index (χ2v) is 9.66. The number of hydrogen-bond acceptors (Lipinski definition) is 3. The minimum absolute atomic E-state index is 0.0621. The number of rotatable bonds is 4. The fraction of sp³-hybridized carbons (Fsp3) is 0.462. The Hall–Kier alpha value is -3.23. The molecule has 0 bridgehead atoms. The Morgan fingerprint density at radius 2 is 1.71 bits per heavy atom. The average molecular weight is 487 g/mol. The summed E-state index contributed by atoms with van der Waals surface area (Å²) in [7, 11) is 0. The number of anilines is 2. The molecular weight excluding hydrogens is 457 g/mol. The van der Waals surface area contributed by atoms with Crippen LogP contribution in [0.25, 0.3) is 0 Å². The molecule has 186 valence electrons. The molecule has 0 aromatic heterocycles. The summed E-state index contributed by atoms with van der Waals surface area (Å²) in [6.45, 7) is 2.20. The molecule has 2 aliphatic heterocycles. The maximum absolute atomic E-state index is 13.3. The fourth-order valence-electron chi connectivity index (χ4n) is 4.93. The van der Waals surface area contributed by atoms with Gasteiger partial charge in [-0.15, -0.1) is 0 Å². The zero-order chi connectivity index (χ0) is 24.6. The number of fused-ring (bicyclic) bond motifs is 1. The first-order valence-corrected chi connectivity index (χ1v) is 12.2. The van der Waals surface area contributed by atoms with Gasteiger partial charge in [-0.25, -0.2) is 4.79 Å². The maximum atomic E-state index is 13.3. The molecule has 2 heterocycles. The predicted octanol–water partition coefficient (Wildman–Crippen LogP) is 4.92. The van der Waals surface area contributed by atoms with Gasteiger partial charge in [-0.2, -0.15) is 13.2 Å². The van der Waals surface area contributed by atoms with E-state index in [9.17, 15) is 22.8 Å². The molecule has 2 aromatic carbocycles. The van der Waals surface area contributed by atoms with E-state index in [2.05, 4.69) is 10.6 Å². The number of hydrogen-bond donors (Lipinski definition) is 2. The highest BCUT2D eigenvalue weighted by molar-refractivity contribution is 5.81. The van der Waals surface area contributed by atoms with Gasteiger partial charge in [0.25, 0.3) is 0 Å². The van der Waals surface area contributed by atoms with Crippen molar-refractivity contribution < 1.29 is 22.8 Å². The number of amides is 3. The van der Waals surface area contributed by atoms with Crippen LogP contribution < -0.4 is 10.6 Å². The second-order valence-electron chi connectivity index (χ2n) is 9.66. The topological polar surface area (TPSA) is 64.7 Å². The summed E-state index contributed by atoms with van der Waals surface area (Å²) in [6, 6.07) is 11.0. The van der Waals surface area contributed by atoms with Crippen molar-refractivity contribution in [3.05, 3.63) is 59.2 Å². The predicted molar refractivity (Wildman–Crippen MR) is 126 cm³/mol. The van der Waals surface area contributed by atoms with Crippen LogP contribution >= 0.6 is 0 Å². The number of halogens is 3. The Balaban J connectivity index is 1.23. The lowest BCUT2D eigenvalue weighted by atomic mass is 9.93. The lowest BCUT2D eigenvalue weighted by molar-refractivity contribution is -0.138. The maximum Gasteiger partial charge on any atom is 0.416 e. The molecule has 3 amide bonds. The summed E-state index contributed by atoms with van der Waals surface area (Å²) in [5.74, 6) is -0.107. The molecule has 35 heavy (non-hydrogen) atoms. The number of urea groups is 1. The summed E-state index contributed by atoms with van der Waals surface area (Å²) in [5.41, 5.74) is 2.84. The largest absolute Gasteiger partial charge is 0.416 e. The summed E-state index contributed by atoms with van der Waals surface area (Å²) in [6.07, 6.45) is -0.0407. The van der Waals surface area contributed by atoms with Crippen LogP contribution in [0.1, 0.15) is 42.4 Å². The number of likely N-dealkylation sites (tertiary alicyclic amines) is 1. The zero-order valence-electron chi connectivity index (χ0n) is 19.4. The lowest BCUT2D eigenvalue weighted by Crippen LogP contribution is -2.50. The molecule has 1 aliphatic carbocycles. The quantitative estimate of drug-likeness (QED) is 0.645. The summed E-state index contributed by atoms with van der Waals surface area (Å²) in [5, 5.41) is 6.25. The van der Waals surface area contributed by atoms with Crippen molar-refractivity contribution >= 4 is 23.3 Å². The molecule has 3 aliphatic rings. The third kappa shape index (κ3) is 5.39. The molecule has 0 radical (unpaired) electrons. The van der Waals surface area contributed by atoms with Gasteiger partial charge in [0, 0.05) is 43.6 Å². The van der Waals surface area contributed by atoms with E-state index in [-0.39, 0.29) is 17.9 Å². The molecule has 1 saturated heterocycles. The van der Waals surface area contributed by atoms with Gasteiger partial charge in [0.1, 0.15) is 0 Å². The van der Waals surface area contributed by atoms with Crippen molar-refractivity contribution in [2.45, 2.75) is 50.9 Å². The van der Waals surface area contributed by atoms with Gasteiger partial charge in [0.05, 0.1) is 11.5 Å². The number of alkyl halides is 3. The Bertz CT molecular complexity index is 1100. The molecule has 1 atom stereocenters. The van der Waals surface area contributed by atoms with Gasteiger partial charge in [-0.05, 0) is 73.6 Å². The van der Waals surface area contributed by atoms with Gasteiger partial charge in [-0.3, -0.25) is 4.79 Å². The molecule has 9 heteroatoms. The third-order valence-electron chi connectivity index (χ3n) is 7.03. The van der Waals surface area contributed by atoms with Crippen molar-refractivity contribution in [3.8, 4) is 0 Å². The van der Waals surface area contributed by atoms with Crippen molar-refractivity contribution in [2.24, 2.45) is 5.92 Å². The van der Waals surface area contributed by atoms with Crippen LogP contribution in [0.3, 0.4) is 0 Å². The van der Waals surface area contributed by atoms with Crippen LogP contribution in [-0.2, 0) is 23.9 Å². The van der Waals surface area contributed by atoms with Gasteiger partial charge >= 0.3 is 12.2 Å². The zero-order valence-corrected chi connectivity index (χ0v) is 19.4. The van der Waals surface area contributed by atoms with E-state index >= 15 is 0 Å². The minimum Gasteiger partial charge on any atom is -0.355 e. The molecule has 1 unspecified atom stereocenters.